The van der Waals surface area contributed by atoms with Crippen molar-refractivity contribution in [1.29, 1.82) is 5.26 Å². The average Bonchev–Trinajstić information content (AvgIpc) is 2.09. The average molecular weight is 184 g/mol. The van der Waals surface area contributed by atoms with Gasteiger partial charge in [-0.25, -0.2) is 4.39 Å². The SMILES string of the molecule is N#CC(Cl)Cc1ccc(F)cc1. The van der Waals surface area contributed by atoms with Crippen LogP contribution in [0, 0.1) is 17.1 Å². The molecule has 0 aliphatic heterocycles. The van der Waals surface area contributed by atoms with Crippen LogP contribution in [0.3, 0.4) is 0 Å². The summed E-state index contributed by atoms with van der Waals surface area (Å²) in [6.45, 7) is 0. The monoisotopic (exact) mass is 183 g/mol. The maximum absolute atomic E-state index is 12.4. The highest BCUT2D eigenvalue weighted by atomic mass is 35.5. The number of nitriles is 1. The largest absolute Gasteiger partial charge is 0.207 e. The van der Waals surface area contributed by atoms with E-state index in [1.165, 1.54) is 12.1 Å². The second-order valence-electron chi connectivity index (χ2n) is 2.43. The topological polar surface area (TPSA) is 23.8 Å². The molecular formula is C9H7ClFN. The summed E-state index contributed by atoms with van der Waals surface area (Å²) in [6, 6.07) is 7.87. The zero-order chi connectivity index (χ0) is 8.97. The van der Waals surface area contributed by atoms with Crippen molar-refractivity contribution in [3.8, 4) is 6.07 Å². The van der Waals surface area contributed by atoms with Gasteiger partial charge in [-0.2, -0.15) is 5.26 Å². The molecule has 0 spiro atoms. The second-order valence-corrected chi connectivity index (χ2v) is 2.95. The van der Waals surface area contributed by atoms with Crippen LogP contribution in [0.15, 0.2) is 24.3 Å². The predicted molar refractivity (Wildman–Crippen MR) is 45.4 cm³/mol. The molecule has 0 aliphatic rings. The van der Waals surface area contributed by atoms with Crippen LogP contribution in [0.25, 0.3) is 0 Å². The molecule has 0 amide bonds. The number of halogens is 2. The summed E-state index contributed by atoms with van der Waals surface area (Å²) in [5.41, 5.74) is 0.873. The highest BCUT2D eigenvalue weighted by molar-refractivity contribution is 6.22. The Bertz CT molecular complexity index is 288. The van der Waals surface area contributed by atoms with Crippen LogP contribution < -0.4 is 0 Å². The first kappa shape index (κ1) is 9.02. The number of benzene rings is 1. The van der Waals surface area contributed by atoms with E-state index in [0.29, 0.717) is 6.42 Å². The van der Waals surface area contributed by atoms with Gasteiger partial charge in [-0.1, -0.05) is 12.1 Å². The lowest BCUT2D eigenvalue weighted by atomic mass is 10.1. The highest BCUT2D eigenvalue weighted by Gasteiger charge is 2.02. The lowest BCUT2D eigenvalue weighted by molar-refractivity contribution is 0.627. The maximum atomic E-state index is 12.4. The van der Waals surface area contributed by atoms with Gasteiger partial charge in [0.2, 0.25) is 0 Å². The number of rotatable bonds is 2. The molecule has 62 valence electrons. The van der Waals surface area contributed by atoms with Crippen molar-refractivity contribution in [2.24, 2.45) is 0 Å². The molecule has 0 radical (unpaired) electrons. The molecule has 1 atom stereocenters. The van der Waals surface area contributed by atoms with Crippen molar-refractivity contribution < 1.29 is 4.39 Å². The Labute approximate surface area is 75.4 Å². The minimum atomic E-state index is -0.532. The molecule has 1 aromatic carbocycles. The van der Waals surface area contributed by atoms with E-state index < -0.39 is 5.38 Å². The van der Waals surface area contributed by atoms with E-state index in [9.17, 15) is 4.39 Å². The minimum Gasteiger partial charge on any atom is -0.207 e. The van der Waals surface area contributed by atoms with E-state index >= 15 is 0 Å². The molecule has 0 aromatic heterocycles. The van der Waals surface area contributed by atoms with Crippen LogP contribution in [0.5, 0.6) is 0 Å². The highest BCUT2D eigenvalue weighted by Crippen LogP contribution is 2.08. The zero-order valence-corrected chi connectivity index (χ0v) is 7.05. The predicted octanol–water partition coefficient (Wildman–Crippen LogP) is 2.50. The molecule has 12 heavy (non-hydrogen) atoms. The zero-order valence-electron chi connectivity index (χ0n) is 6.30. The van der Waals surface area contributed by atoms with Gasteiger partial charge in [0, 0.05) is 6.42 Å². The van der Waals surface area contributed by atoms with Gasteiger partial charge in [0.15, 0.2) is 0 Å². The van der Waals surface area contributed by atoms with Crippen molar-refractivity contribution >= 4 is 11.6 Å². The van der Waals surface area contributed by atoms with Crippen LogP contribution in [0.2, 0.25) is 0 Å². The normalized spacial score (nSPS) is 12.1. The maximum Gasteiger partial charge on any atom is 0.124 e. The molecule has 0 fully saturated rings. The Hall–Kier alpha value is -1.07. The third-order valence-electron chi connectivity index (χ3n) is 1.47. The van der Waals surface area contributed by atoms with E-state index in [0.717, 1.165) is 5.56 Å². The molecule has 1 nitrogen and oxygen atoms in total. The fourth-order valence-electron chi connectivity index (χ4n) is 0.873. The van der Waals surface area contributed by atoms with E-state index in [-0.39, 0.29) is 5.82 Å². The van der Waals surface area contributed by atoms with Gasteiger partial charge in [-0.15, -0.1) is 11.6 Å². The molecule has 0 N–H and O–H groups in total. The minimum absolute atomic E-state index is 0.276. The van der Waals surface area contributed by atoms with Crippen molar-refractivity contribution in [3.63, 3.8) is 0 Å². The molecular weight excluding hydrogens is 177 g/mol. The molecule has 0 saturated carbocycles. The van der Waals surface area contributed by atoms with Crippen LogP contribution >= 0.6 is 11.6 Å². The van der Waals surface area contributed by atoms with E-state index in [4.69, 9.17) is 16.9 Å². The summed E-state index contributed by atoms with van der Waals surface area (Å²) in [4.78, 5) is 0. The standard InChI is InChI=1S/C9H7ClFN/c10-8(6-12)5-7-1-3-9(11)4-2-7/h1-4,8H,5H2. The summed E-state index contributed by atoms with van der Waals surface area (Å²) in [6.07, 6.45) is 0.457. The van der Waals surface area contributed by atoms with Gasteiger partial charge in [0.1, 0.15) is 11.2 Å². The van der Waals surface area contributed by atoms with Crippen molar-refractivity contribution in [2.45, 2.75) is 11.8 Å². The number of alkyl halides is 1. The van der Waals surface area contributed by atoms with Crippen LogP contribution in [0.1, 0.15) is 5.56 Å². The lowest BCUT2D eigenvalue weighted by Gasteiger charge is -1.99. The Morgan fingerprint density at radius 3 is 2.50 bits per heavy atom. The number of nitrogens with zero attached hydrogens (tertiary/aromatic N) is 1. The van der Waals surface area contributed by atoms with Crippen molar-refractivity contribution in [1.82, 2.24) is 0 Å². The van der Waals surface area contributed by atoms with Crippen molar-refractivity contribution in [3.05, 3.63) is 35.6 Å². The van der Waals surface area contributed by atoms with Gasteiger partial charge in [0.05, 0.1) is 6.07 Å². The first-order chi connectivity index (χ1) is 5.72. The van der Waals surface area contributed by atoms with Gasteiger partial charge >= 0.3 is 0 Å². The van der Waals surface area contributed by atoms with Crippen LogP contribution in [-0.2, 0) is 6.42 Å². The third kappa shape index (κ3) is 2.52. The van der Waals surface area contributed by atoms with Crippen molar-refractivity contribution in [2.75, 3.05) is 0 Å². The quantitative estimate of drug-likeness (QED) is 0.647. The fourth-order valence-corrected chi connectivity index (χ4v) is 1.05. The lowest BCUT2D eigenvalue weighted by Crippen LogP contribution is -1.98. The Morgan fingerprint density at radius 2 is 2.00 bits per heavy atom. The van der Waals surface area contributed by atoms with Gasteiger partial charge in [-0.3, -0.25) is 0 Å². The summed E-state index contributed by atoms with van der Waals surface area (Å²) < 4.78 is 12.4. The van der Waals surface area contributed by atoms with E-state index in [1.807, 2.05) is 6.07 Å². The first-order valence-corrected chi connectivity index (χ1v) is 3.94. The van der Waals surface area contributed by atoms with E-state index in [1.54, 1.807) is 12.1 Å². The summed E-state index contributed by atoms with van der Waals surface area (Å²) in [5.74, 6) is -0.276. The molecule has 0 saturated heterocycles. The molecule has 1 rings (SSSR count). The molecule has 0 heterocycles. The summed E-state index contributed by atoms with van der Waals surface area (Å²) >= 11 is 5.58. The van der Waals surface area contributed by atoms with E-state index in [2.05, 4.69) is 0 Å². The first-order valence-electron chi connectivity index (χ1n) is 3.50. The molecule has 0 aliphatic carbocycles. The summed E-state index contributed by atoms with van der Waals surface area (Å²) in [5, 5.41) is 7.86. The Kier molecular flexibility index (Phi) is 3.07. The van der Waals surface area contributed by atoms with Gasteiger partial charge in [-0.05, 0) is 17.7 Å². The molecule has 1 aromatic rings. The Morgan fingerprint density at radius 1 is 1.42 bits per heavy atom. The fraction of sp³-hybridized carbons (Fsp3) is 0.222. The number of hydrogen-bond acceptors (Lipinski definition) is 1. The van der Waals surface area contributed by atoms with Crippen LogP contribution in [-0.4, -0.2) is 5.38 Å². The van der Waals surface area contributed by atoms with Crippen LogP contribution in [0.4, 0.5) is 4.39 Å². The Balaban J connectivity index is 2.66. The molecule has 1 unspecified atom stereocenters. The summed E-state index contributed by atoms with van der Waals surface area (Å²) in [7, 11) is 0. The molecule has 3 heteroatoms. The van der Waals surface area contributed by atoms with Gasteiger partial charge in [0.25, 0.3) is 0 Å². The smallest absolute Gasteiger partial charge is 0.124 e. The number of hydrogen-bond donors (Lipinski definition) is 0. The second kappa shape index (κ2) is 4.08. The third-order valence-corrected chi connectivity index (χ3v) is 1.72. The molecule has 0 bridgehead atoms. The van der Waals surface area contributed by atoms with Gasteiger partial charge < -0.3 is 0 Å².